The van der Waals surface area contributed by atoms with Gasteiger partial charge in [-0.1, -0.05) is 12.1 Å². The third kappa shape index (κ3) is 3.13. The largest absolute Gasteiger partial charge is 0.486 e. The highest BCUT2D eigenvalue weighted by molar-refractivity contribution is 5.92. The predicted molar refractivity (Wildman–Crippen MR) is 104 cm³/mol. The summed E-state index contributed by atoms with van der Waals surface area (Å²) < 4.78 is 13.6. The van der Waals surface area contributed by atoms with E-state index in [1.165, 1.54) is 0 Å². The Kier molecular flexibility index (Phi) is 4.68. The lowest BCUT2D eigenvalue weighted by Gasteiger charge is -2.28. The van der Waals surface area contributed by atoms with Crippen LogP contribution in [-0.4, -0.2) is 53.4 Å². The molecule has 3 aliphatic rings. The zero-order valence-corrected chi connectivity index (χ0v) is 16.0. The Balaban J connectivity index is 1.39. The van der Waals surface area contributed by atoms with Crippen LogP contribution in [0, 0.1) is 0 Å². The number of benzene rings is 1. The number of nitrogens with one attached hydrogen (secondary N) is 1. The Morgan fingerprint density at radius 1 is 1.14 bits per heavy atom. The van der Waals surface area contributed by atoms with E-state index in [4.69, 9.17) is 9.47 Å². The zero-order valence-electron chi connectivity index (χ0n) is 16.0. The first-order chi connectivity index (χ1) is 13.8. The van der Waals surface area contributed by atoms with Crippen LogP contribution in [0.5, 0.6) is 11.5 Å². The molecule has 2 fully saturated rings. The van der Waals surface area contributed by atoms with Crippen LogP contribution < -0.4 is 14.8 Å². The van der Waals surface area contributed by atoms with Gasteiger partial charge in [-0.15, -0.1) is 0 Å². The van der Waals surface area contributed by atoms with Gasteiger partial charge in [-0.3, -0.25) is 9.48 Å². The summed E-state index contributed by atoms with van der Waals surface area (Å²) in [7, 11) is 0. The van der Waals surface area contributed by atoms with Gasteiger partial charge >= 0.3 is 0 Å². The fraction of sp³-hybridized carbons (Fsp3) is 0.524. The van der Waals surface area contributed by atoms with Crippen molar-refractivity contribution in [3.05, 3.63) is 41.7 Å². The third-order valence-electron chi connectivity index (χ3n) is 5.94. The third-order valence-corrected chi connectivity index (χ3v) is 5.94. The molecule has 3 aliphatic heterocycles. The lowest BCUT2D eigenvalue weighted by atomic mass is 10.0. The first-order valence-electron chi connectivity index (χ1n) is 10.3. The van der Waals surface area contributed by atoms with E-state index in [2.05, 4.69) is 16.5 Å². The molecule has 4 heterocycles. The standard InChI is InChI=1S/C21H26N4O3/c26-21(17-8-11-25(23-17)15-4-2-9-22-14-15)24-10-3-6-18(24)16-5-1-7-19-20(16)28-13-12-27-19/h1,5,7-8,11,15,18,22H,2-4,6,9-10,12-14H2. The van der Waals surface area contributed by atoms with Crippen molar-refractivity contribution < 1.29 is 14.3 Å². The lowest BCUT2D eigenvalue weighted by molar-refractivity contribution is 0.0723. The number of aromatic nitrogens is 2. The van der Waals surface area contributed by atoms with Crippen LogP contribution >= 0.6 is 0 Å². The van der Waals surface area contributed by atoms with Gasteiger partial charge in [0, 0.05) is 24.8 Å². The highest BCUT2D eigenvalue weighted by atomic mass is 16.6. The number of para-hydroxylation sites is 1. The Labute approximate surface area is 164 Å². The summed E-state index contributed by atoms with van der Waals surface area (Å²) in [5, 5.41) is 8.03. The summed E-state index contributed by atoms with van der Waals surface area (Å²) in [6, 6.07) is 8.15. The smallest absolute Gasteiger partial charge is 0.274 e. The van der Waals surface area contributed by atoms with E-state index in [1.54, 1.807) is 0 Å². The van der Waals surface area contributed by atoms with E-state index in [9.17, 15) is 4.79 Å². The van der Waals surface area contributed by atoms with E-state index >= 15 is 0 Å². The summed E-state index contributed by atoms with van der Waals surface area (Å²) >= 11 is 0. The number of piperidine rings is 1. The molecule has 2 atom stereocenters. The van der Waals surface area contributed by atoms with Crippen LogP contribution in [0.25, 0.3) is 0 Å². The molecule has 2 aromatic rings. The molecule has 1 aromatic carbocycles. The minimum absolute atomic E-state index is 0.000602. The summed E-state index contributed by atoms with van der Waals surface area (Å²) in [6.07, 6.45) is 6.09. The van der Waals surface area contributed by atoms with Crippen molar-refractivity contribution in [2.24, 2.45) is 0 Å². The average molecular weight is 382 g/mol. The number of hydrogen-bond acceptors (Lipinski definition) is 5. The number of amides is 1. The molecule has 0 aliphatic carbocycles. The van der Waals surface area contributed by atoms with E-state index < -0.39 is 0 Å². The highest BCUT2D eigenvalue weighted by Gasteiger charge is 2.35. The first kappa shape index (κ1) is 17.6. The Morgan fingerprint density at radius 2 is 2.07 bits per heavy atom. The van der Waals surface area contributed by atoms with Crippen LogP contribution in [0.15, 0.2) is 30.5 Å². The van der Waals surface area contributed by atoms with Crippen LogP contribution in [0.4, 0.5) is 0 Å². The molecule has 2 unspecified atom stereocenters. The minimum Gasteiger partial charge on any atom is -0.486 e. The molecule has 0 saturated carbocycles. The van der Waals surface area contributed by atoms with Crippen LogP contribution in [-0.2, 0) is 0 Å². The molecule has 0 bridgehead atoms. The molecular weight excluding hydrogens is 356 g/mol. The van der Waals surface area contributed by atoms with Crippen LogP contribution in [0.2, 0.25) is 0 Å². The quantitative estimate of drug-likeness (QED) is 0.884. The molecule has 1 amide bonds. The Bertz CT molecular complexity index is 859. The maximum absolute atomic E-state index is 13.3. The number of ether oxygens (including phenoxy) is 2. The average Bonchev–Trinajstić information content (AvgIpc) is 3.43. The second-order valence-electron chi connectivity index (χ2n) is 7.71. The Hall–Kier alpha value is -2.54. The lowest BCUT2D eigenvalue weighted by Crippen LogP contribution is -2.33. The van der Waals surface area contributed by atoms with E-state index in [1.807, 2.05) is 34.0 Å². The fourth-order valence-corrected chi connectivity index (χ4v) is 4.55. The molecule has 0 spiro atoms. The topological polar surface area (TPSA) is 68.6 Å². The molecule has 2 saturated heterocycles. The number of nitrogens with zero attached hydrogens (tertiary/aromatic N) is 3. The molecule has 7 heteroatoms. The van der Waals surface area contributed by atoms with Gasteiger partial charge in [0.05, 0.1) is 12.1 Å². The molecule has 1 N–H and O–H groups in total. The predicted octanol–water partition coefficient (Wildman–Crippen LogP) is 2.56. The highest BCUT2D eigenvalue weighted by Crippen LogP contribution is 2.43. The van der Waals surface area contributed by atoms with Crippen LogP contribution in [0.3, 0.4) is 0 Å². The molecule has 148 valence electrons. The summed E-state index contributed by atoms with van der Waals surface area (Å²) in [6.45, 7) is 3.83. The number of carbonyl (C=O) groups excluding carboxylic acids is 1. The zero-order chi connectivity index (χ0) is 18.9. The number of likely N-dealkylation sites (tertiary alicyclic amines) is 1. The number of rotatable bonds is 3. The minimum atomic E-state index is -0.000602. The number of carbonyl (C=O) groups is 1. The molecule has 5 rings (SSSR count). The van der Waals surface area contributed by atoms with Crippen molar-refractivity contribution in [2.75, 3.05) is 32.8 Å². The van der Waals surface area contributed by atoms with Gasteiger partial charge in [-0.2, -0.15) is 5.10 Å². The van der Waals surface area contributed by atoms with Crippen molar-refractivity contribution >= 4 is 5.91 Å². The first-order valence-corrected chi connectivity index (χ1v) is 10.3. The van der Waals surface area contributed by atoms with Crippen molar-refractivity contribution in [2.45, 2.75) is 37.8 Å². The second kappa shape index (κ2) is 7.47. The van der Waals surface area contributed by atoms with Gasteiger partial charge in [0.2, 0.25) is 0 Å². The van der Waals surface area contributed by atoms with Crippen molar-refractivity contribution in [1.29, 1.82) is 0 Å². The van der Waals surface area contributed by atoms with Gasteiger partial charge in [-0.05, 0) is 44.4 Å². The van der Waals surface area contributed by atoms with E-state index in [0.717, 1.165) is 62.4 Å². The molecule has 7 nitrogen and oxygen atoms in total. The maximum Gasteiger partial charge on any atom is 0.274 e. The maximum atomic E-state index is 13.3. The second-order valence-corrected chi connectivity index (χ2v) is 7.71. The number of hydrogen-bond donors (Lipinski definition) is 1. The fourth-order valence-electron chi connectivity index (χ4n) is 4.55. The monoisotopic (exact) mass is 382 g/mol. The van der Waals surface area contributed by atoms with Crippen molar-refractivity contribution in [3.8, 4) is 11.5 Å². The SMILES string of the molecule is O=C(c1ccn(C2CCCNC2)n1)N1CCCC1c1cccc2c1OCCO2. The van der Waals surface area contributed by atoms with Gasteiger partial charge in [0.25, 0.3) is 5.91 Å². The number of fused-ring (bicyclic) bond motifs is 1. The van der Waals surface area contributed by atoms with Gasteiger partial charge in [0.1, 0.15) is 18.9 Å². The van der Waals surface area contributed by atoms with Gasteiger partial charge < -0.3 is 19.7 Å². The van der Waals surface area contributed by atoms with E-state index in [-0.39, 0.29) is 11.9 Å². The summed E-state index contributed by atoms with van der Waals surface area (Å²) in [4.78, 5) is 15.2. The molecule has 28 heavy (non-hydrogen) atoms. The van der Waals surface area contributed by atoms with Crippen LogP contribution in [0.1, 0.15) is 53.8 Å². The Morgan fingerprint density at radius 3 is 2.96 bits per heavy atom. The normalized spacial score (nSPS) is 24.4. The molecular formula is C21H26N4O3. The van der Waals surface area contributed by atoms with Crippen molar-refractivity contribution in [3.63, 3.8) is 0 Å². The summed E-state index contributed by atoms with van der Waals surface area (Å²) in [5.74, 6) is 1.56. The van der Waals surface area contributed by atoms with Gasteiger partial charge in [-0.25, -0.2) is 0 Å². The summed E-state index contributed by atoms with van der Waals surface area (Å²) in [5.41, 5.74) is 1.57. The van der Waals surface area contributed by atoms with Crippen molar-refractivity contribution in [1.82, 2.24) is 20.0 Å². The van der Waals surface area contributed by atoms with Gasteiger partial charge in [0.15, 0.2) is 11.5 Å². The molecule has 0 radical (unpaired) electrons. The van der Waals surface area contributed by atoms with E-state index in [0.29, 0.717) is 24.9 Å². The molecule has 1 aromatic heterocycles.